The summed E-state index contributed by atoms with van der Waals surface area (Å²) in [5.41, 5.74) is 9.31. The highest BCUT2D eigenvalue weighted by molar-refractivity contribution is 6.00. The van der Waals surface area contributed by atoms with Crippen LogP contribution in [0.4, 0.5) is 5.82 Å². The normalized spacial score (nSPS) is 24.9. The summed E-state index contributed by atoms with van der Waals surface area (Å²) in [5, 5.41) is 0.891. The lowest BCUT2D eigenvalue weighted by atomic mass is 9.79. The standard InChI is InChI=1S/C27H34N6O3/c1-31-7-8-32(15-24(31)34)13-18-10-20(11-18)33-14-23(25-26(28)29-17-30-27(25)33)19-4-2-5-21(12-19)36-16-22-6-3-9-35-22/h2,4-5,12,14,17-18,20,22H,3,6-11,13,15-16H2,1H3,(H2,28,29,30)/t18?,20?,22-/m0/s1. The highest BCUT2D eigenvalue weighted by Crippen LogP contribution is 2.43. The zero-order chi connectivity index (χ0) is 24.6. The molecule has 1 atom stereocenters. The average Bonchev–Trinajstić information content (AvgIpc) is 3.51. The number of rotatable bonds is 7. The lowest BCUT2D eigenvalue weighted by molar-refractivity contribution is -0.134. The number of nitrogens with two attached hydrogens (primary N) is 1. The van der Waals surface area contributed by atoms with Gasteiger partial charge in [0, 0.05) is 51.1 Å². The Labute approximate surface area is 211 Å². The lowest BCUT2D eigenvalue weighted by Crippen LogP contribution is -2.50. The molecule has 2 saturated heterocycles. The summed E-state index contributed by atoms with van der Waals surface area (Å²) < 4.78 is 14.0. The van der Waals surface area contributed by atoms with Gasteiger partial charge < -0.3 is 24.7 Å². The van der Waals surface area contributed by atoms with Crippen molar-refractivity contribution in [3.05, 3.63) is 36.8 Å². The Morgan fingerprint density at radius 1 is 1.22 bits per heavy atom. The first kappa shape index (κ1) is 23.2. The predicted octanol–water partition coefficient (Wildman–Crippen LogP) is 2.96. The number of carbonyl (C=O) groups excluding carboxylic acids is 1. The molecule has 36 heavy (non-hydrogen) atoms. The van der Waals surface area contributed by atoms with Gasteiger partial charge in [-0.3, -0.25) is 9.69 Å². The predicted molar refractivity (Wildman–Crippen MR) is 138 cm³/mol. The maximum absolute atomic E-state index is 12.1. The minimum absolute atomic E-state index is 0.176. The van der Waals surface area contributed by atoms with Crippen LogP contribution in [0.3, 0.4) is 0 Å². The number of aromatic nitrogens is 3. The van der Waals surface area contributed by atoms with Gasteiger partial charge in [-0.1, -0.05) is 12.1 Å². The molecule has 4 heterocycles. The van der Waals surface area contributed by atoms with E-state index in [0.717, 1.165) is 79.8 Å². The van der Waals surface area contributed by atoms with Crippen LogP contribution in [0.25, 0.3) is 22.2 Å². The van der Waals surface area contributed by atoms with Gasteiger partial charge in [-0.15, -0.1) is 0 Å². The average molecular weight is 491 g/mol. The second-order valence-corrected chi connectivity index (χ2v) is 10.4. The number of carbonyl (C=O) groups is 1. The number of nitrogens with zero attached hydrogens (tertiary/aromatic N) is 5. The highest BCUT2D eigenvalue weighted by Gasteiger charge is 2.35. The number of nitrogen functional groups attached to an aromatic ring is 1. The molecule has 6 rings (SSSR count). The molecule has 2 aromatic heterocycles. The van der Waals surface area contributed by atoms with Crippen LogP contribution in [0.1, 0.15) is 31.7 Å². The van der Waals surface area contributed by atoms with Crippen LogP contribution in [-0.4, -0.2) is 82.8 Å². The van der Waals surface area contributed by atoms with Crippen molar-refractivity contribution in [2.24, 2.45) is 5.92 Å². The Morgan fingerprint density at radius 2 is 2.11 bits per heavy atom. The number of likely N-dealkylation sites (N-methyl/N-ethyl adjacent to an activating group) is 1. The Balaban J connectivity index is 1.19. The van der Waals surface area contributed by atoms with Gasteiger partial charge in [0.2, 0.25) is 5.91 Å². The number of amides is 1. The third-order valence-corrected chi connectivity index (χ3v) is 7.90. The number of hydrogen-bond acceptors (Lipinski definition) is 7. The number of anilines is 1. The van der Waals surface area contributed by atoms with Crippen molar-refractivity contribution in [3.63, 3.8) is 0 Å². The van der Waals surface area contributed by atoms with Gasteiger partial charge in [0.15, 0.2) is 0 Å². The molecule has 9 nitrogen and oxygen atoms in total. The van der Waals surface area contributed by atoms with Crippen LogP contribution in [0.15, 0.2) is 36.8 Å². The van der Waals surface area contributed by atoms with Gasteiger partial charge in [-0.2, -0.15) is 0 Å². The van der Waals surface area contributed by atoms with Crippen LogP contribution in [-0.2, 0) is 9.53 Å². The molecule has 1 aromatic carbocycles. The van der Waals surface area contributed by atoms with Crippen molar-refractivity contribution in [1.29, 1.82) is 0 Å². The minimum Gasteiger partial charge on any atom is -0.491 e. The van der Waals surface area contributed by atoms with E-state index in [4.69, 9.17) is 15.2 Å². The molecular weight excluding hydrogens is 456 g/mol. The van der Waals surface area contributed by atoms with Crippen LogP contribution in [0, 0.1) is 5.92 Å². The molecule has 1 aliphatic carbocycles. The van der Waals surface area contributed by atoms with Crippen LogP contribution in [0.5, 0.6) is 5.75 Å². The van der Waals surface area contributed by atoms with Crippen molar-refractivity contribution >= 4 is 22.8 Å². The second-order valence-electron chi connectivity index (χ2n) is 10.4. The van der Waals surface area contributed by atoms with E-state index < -0.39 is 0 Å². The molecule has 3 fully saturated rings. The van der Waals surface area contributed by atoms with E-state index in [1.165, 1.54) is 0 Å². The van der Waals surface area contributed by atoms with Crippen molar-refractivity contribution in [2.75, 3.05) is 52.2 Å². The Bertz CT molecular complexity index is 1250. The molecule has 2 N–H and O–H groups in total. The molecule has 0 unspecified atom stereocenters. The first-order valence-electron chi connectivity index (χ1n) is 13.0. The maximum Gasteiger partial charge on any atom is 0.236 e. The van der Waals surface area contributed by atoms with Gasteiger partial charge >= 0.3 is 0 Å². The Hall–Kier alpha value is -3.17. The third-order valence-electron chi connectivity index (χ3n) is 7.90. The lowest BCUT2D eigenvalue weighted by Gasteiger charge is -2.41. The van der Waals surface area contributed by atoms with E-state index in [1.54, 1.807) is 6.33 Å². The second kappa shape index (κ2) is 9.71. The number of hydrogen-bond donors (Lipinski definition) is 1. The molecule has 1 saturated carbocycles. The van der Waals surface area contributed by atoms with E-state index in [9.17, 15) is 4.79 Å². The van der Waals surface area contributed by atoms with Crippen LogP contribution in [0.2, 0.25) is 0 Å². The smallest absolute Gasteiger partial charge is 0.236 e. The van der Waals surface area contributed by atoms with Crippen molar-refractivity contribution in [3.8, 4) is 16.9 Å². The van der Waals surface area contributed by atoms with Gasteiger partial charge in [-0.05, 0) is 49.3 Å². The largest absolute Gasteiger partial charge is 0.491 e. The fourth-order valence-electron chi connectivity index (χ4n) is 5.73. The summed E-state index contributed by atoms with van der Waals surface area (Å²) in [7, 11) is 1.88. The molecule has 0 bridgehead atoms. The minimum atomic E-state index is 0.176. The zero-order valence-electron chi connectivity index (χ0n) is 20.8. The highest BCUT2D eigenvalue weighted by atomic mass is 16.5. The first-order valence-corrected chi connectivity index (χ1v) is 13.0. The molecule has 3 aromatic rings. The molecule has 2 aliphatic heterocycles. The molecule has 1 amide bonds. The maximum atomic E-state index is 12.1. The topological polar surface area (TPSA) is 98.7 Å². The number of ether oxygens (including phenoxy) is 2. The number of piperazine rings is 1. The van der Waals surface area contributed by atoms with E-state index in [1.807, 2.05) is 24.1 Å². The molecule has 0 radical (unpaired) electrons. The Morgan fingerprint density at radius 3 is 2.92 bits per heavy atom. The summed E-state index contributed by atoms with van der Waals surface area (Å²) in [6, 6.07) is 8.51. The van der Waals surface area contributed by atoms with Crippen molar-refractivity contribution in [1.82, 2.24) is 24.3 Å². The van der Waals surface area contributed by atoms with Crippen molar-refractivity contribution < 1.29 is 14.3 Å². The SMILES string of the molecule is CN1CCN(CC2CC(n3cc(-c4cccc(OC[C@@H]5CCCO5)c4)c4c(N)ncnc43)C2)CC1=O. The van der Waals surface area contributed by atoms with Crippen molar-refractivity contribution in [2.45, 2.75) is 37.8 Å². The molecule has 0 spiro atoms. The van der Waals surface area contributed by atoms with Gasteiger partial charge in [0.1, 0.15) is 30.1 Å². The summed E-state index contributed by atoms with van der Waals surface area (Å²) >= 11 is 0. The zero-order valence-corrected chi connectivity index (χ0v) is 20.8. The Kier molecular flexibility index (Phi) is 6.27. The van der Waals surface area contributed by atoms with E-state index >= 15 is 0 Å². The molecule has 9 heteroatoms. The molecular formula is C27H34N6O3. The summed E-state index contributed by atoms with van der Waals surface area (Å²) in [6.45, 7) is 4.66. The van der Waals surface area contributed by atoms with Gasteiger partial charge in [0.25, 0.3) is 0 Å². The molecule has 190 valence electrons. The fourth-order valence-corrected chi connectivity index (χ4v) is 5.73. The summed E-state index contributed by atoms with van der Waals surface area (Å²) in [5.74, 6) is 2.11. The van der Waals surface area contributed by atoms with E-state index in [2.05, 4.69) is 37.8 Å². The van der Waals surface area contributed by atoms with E-state index in [-0.39, 0.29) is 12.0 Å². The third kappa shape index (κ3) is 4.53. The summed E-state index contributed by atoms with van der Waals surface area (Å²) in [4.78, 5) is 25.1. The number of benzene rings is 1. The summed E-state index contributed by atoms with van der Waals surface area (Å²) in [6.07, 6.45) is 8.18. The first-order chi connectivity index (χ1) is 17.5. The van der Waals surface area contributed by atoms with Crippen LogP contribution >= 0.6 is 0 Å². The quantitative estimate of drug-likeness (QED) is 0.544. The monoisotopic (exact) mass is 490 g/mol. The van der Waals surface area contributed by atoms with Gasteiger partial charge in [-0.25, -0.2) is 9.97 Å². The fraction of sp³-hybridized carbons (Fsp3) is 0.519. The van der Waals surface area contributed by atoms with Gasteiger partial charge in [0.05, 0.1) is 18.0 Å². The van der Waals surface area contributed by atoms with Crippen LogP contribution < -0.4 is 10.5 Å². The van der Waals surface area contributed by atoms with E-state index in [0.29, 0.717) is 30.9 Å². The number of fused-ring (bicyclic) bond motifs is 1. The molecule has 3 aliphatic rings.